The molecule has 0 spiro atoms. The van der Waals surface area contributed by atoms with E-state index in [1.54, 1.807) is 31.2 Å². The molecule has 0 aliphatic rings. The first-order valence-corrected chi connectivity index (χ1v) is 5.24. The molecule has 1 unspecified atom stereocenters. The third-order valence-corrected chi connectivity index (χ3v) is 2.48. The van der Waals surface area contributed by atoms with E-state index in [0.29, 0.717) is 11.1 Å². The molecule has 0 heterocycles. The minimum Gasteiger partial charge on any atom is -0.468 e. The number of Topliss-reactive ketones (excluding diaryl/α,β-unsaturated/α-hetero) is 1. The van der Waals surface area contributed by atoms with Crippen molar-refractivity contribution < 1.29 is 14.3 Å². The molecule has 0 fully saturated rings. The van der Waals surface area contributed by atoms with E-state index in [1.165, 1.54) is 7.11 Å². The SMILES string of the molecule is CCC(=O)C(C(=O)OC)c1ccc(C#N)cc1. The Bertz CT molecular complexity index is 441. The van der Waals surface area contributed by atoms with Crippen molar-refractivity contribution >= 4 is 11.8 Å². The number of nitrogens with zero attached hydrogens (tertiary/aromatic N) is 1. The van der Waals surface area contributed by atoms with Crippen LogP contribution >= 0.6 is 0 Å². The summed E-state index contributed by atoms with van der Waals surface area (Å²) in [5.41, 5.74) is 1.05. The third kappa shape index (κ3) is 2.91. The molecule has 4 nitrogen and oxygen atoms in total. The molecule has 17 heavy (non-hydrogen) atoms. The Balaban J connectivity index is 3.09. The van der Waals surface area contributed by atoms with Gasteiger partial charge in [-0.25, -0.2) is 0 Å². The van der Waals surface area contributed by atoms with Gasteiger partial charge in [-0.05, 0) is 17.7 Å². The van der Waals surface area contributed by atoms with E-state index in [-0.39, 0.29) is 12.2 Å². The molecule has 0 saturated carbocycles. The van der Waals surface area contributed by atoms with Crippen LogP contribution in [-0.4, -0.2) is 18.9 Å². The van der Waals surface area contributed by atoms with E-state index in [2.05, 4.69) is 4.74 Å². The Labute approximate surface area is 99.8 Å². The van der Waals surface area contributed by atoms with Crippen LogP contribution in [0.2, 0.25) is 0 Å². The fourth-order valence-electron chi connectivity index (χ4n) is 1.53. The monoisotopic (exact) mass is 231 g/mol. The molecule has 0 saturated heterocycles. The Morgan fingerprint density at radius 3 is 2.35 bits per heavy atom. The lowest BCUT2D eigenvalue weighted by molar-refractivity contribution is -0.145. The molecule has 0 amide bonds. The second kappa shape index (κ2) is 5.80. The van der Waals surface area contributed by atoms with Gasteiger partial charge >= 0.3 is 5.97 Å². The van der Waals surface area contributed by atoms with E-state index in [9.17, 15) is 9.59 Å². The van der Waals surface area contributed by atoms with Gasteiger partial charge in [-0.15, -0.1) is 0 Å². The summed E-state index contributed by atoms with van der Waals surface area (Å²) in [6.45, 7) is 1.70. The summed E-state index contributed by atoms with van der Waals surface area (Å²) in [7, 11) is 1.25. The van der Waals surface area contributed by atoms with E-state index in [0.717, 1.165) is 0 Å². The number of nitriles is 1. The molecule has 4 heteroatoms. The lowest BCUT2D eigenvalue weighted by Crippen LogP contribution is -2.22. The van der Waals surface area contributed by atoms with Crippen molar-refractivity contribution in [3.63, 3.8) is 0 Å². The van der Waals surface area contributed by atoms with Gasteiger partial charge in [-0.1, -0.05) is 19.1 Å². The Kier molecular flexibility index (Phi) is 4.41. The summed E-state index contributed by atoms with van der Waals surface area (Å²) >= 11 is 0. The van der Waals surface area contributed by atoms with Crippen LogP contribution in [-0.2, 0) is 14.3 Å². The molecule has 88 valence electrons. The van der Waals surface area contributed by atoms with Crippen LogP contribution in [0.5, 0.6) is 0 Å². The van der Waals surface area contributed by atoms with Gasteiger partial charge in [0.25, 0.3) is 0 Å². The Morgan fingerprint density at radius 1 is 1.35 bits per heavy atom. The largest absolute Gasteiger partial charge is 0.468 e. The van der Waals surface area contributed by atoms with Crippen LogP contribution in [0.4, 0.5) is 0 Å². The number of ketones is 1. The first-order valence-electron chi connectivity index (χ1n) is 5.24. The fourth-order valence-corrected chi connectivity index (χ4v) is 1.53. The first kappa shape index (κ1) is 12.9. The highest BCUT2D eigenvalue weighted by molar-refractivity contribution is 6.04. The third-order valence-electron chi connectivity index (χ3n) is 2.48. The Morgan fingerprint density at radius 2 is 1.94 bits per heavy atom. The second-order valence-corrected chi connectivity index (χ2v) is 3.51. The van der Waals surface area contributed by atoms with Crippen LogP contribution in [0.1, 0.15) is 30.4 Å². The molecule has 0 aliphatic heterocycles. The van der Waals surface area contributed by atoms with E-state index in [4.69, 9.17) is 5.26 Å². The topological polar surface area (TPSA) is 67.2 Å². The molecular weight excluding hydrogens is 218 g/mol. The number of hydrogen-bond acceptors (Lipinski definition) is 4. The molecule has 0 radical (unpaired) electrons. The molecular formula is C13H13NO3. The first-order chi connectivity index (χ1) is 8.13. The quantitative estimate of drug-likeness (QED) is 0.585. The van der Waals surface area contributed by atoms with Crippen molar-refractivity contribution in [2.24, 2.45) is 0 Å². The number of benzene rings is 1. The summed E-state index contributed by atoms with van der Waals surface area (Å²) in [5.74, 6) is -1.65. The zero-order chi connectivity index (χ0) is 12.8. The normalized spacial score (nSPS) is 11.4. The van der Waals surface area contributed by atoms with Crippen molar-refractivity contribution in [3.05, 3.63) is 35.4 Å². The molecule has 0 aliphatic carbocycles. The van der Waals surface area contributed by atoms with Gasteiger partial charge in [0.2, 0.25) is 0 Å². The number of carbonyl (C=O) groups is 2. The van der Waals surface area contributed by atoms with Gasteiger partial charge in [0, 0.05) is 6.42 Å². The van der Waals surface area contributed by atoms with E-state index < -0.39 is 11.9 Å². The van der Waals surface area contributed by atoms with Crippen molar-refractivity contribution in [3.8, 4) is 6.07 Å². The predicted octanol–water partition coefficient (Wildman–Crippen LogP) is 1.79. The Hall–Kier alpha value is -2.15. The number of carbonyl (C=O) groups excluding carboxylic acids is 2. The zero-order valence-corrected chi connectivity index (χ0v) is 9.77. The standard InChI is InChI=1S/C13H13NO3/c1-3-11(15)12(13(16)17-2)10-6-4-9(8-14)5-7-10/h4-7,12H,3H2,1-2H3. The number of hydrogen-bond donors (Lipinski definition) is 0. The maximum Gasteiger partial charge on any atom is 0.320 e. The molecule has 1 aromatic rings. The average Bonchev–Trinajstić information content (AvgIpc) is 2.39. The highest BCUT2D eigenvalue weighted by atomic mass is 16.5. The lowest BCUT2D eigenvalue weighted by atomic mass is 9.93. The molecule has 0 bridgehead atoms. The van der Waals surface area contributed by atoms with Crippen molar-refractivity contribution in [1.82, 2.24) is 0 Å². The molecule has 0 N–H and O–H groups in total. The van der Waals surface area contributed by atoms with Gasteiger partial charge in [0.1, 0.15) is 5.92 Å². The van der Waals surface area contributed by atoms with Gasteiger partial charge in [-0.3, -0.25) is 9.59 Å². The summed E-state index contributed by atoms with van der Waals surface area (Å²) < 4.78 is 4.62. The summed E-state index contributed by atoms with van der Waals surface area (Å²) in [6, 6.07) is 8.34. The van der Waals surface area contributed by atoms with E-state index >= 15 is 0 Å². The van der Waals surface area contributed by atoms with Gasteiger partial charge in [0.05, 0.1) is 18.7 Å². The van der Waals surface area contributed by atoms with E-state index in [1.807, 2.05) is 6.07 Å². The average molecular weight is 231 g/mol. The van der Waals surface area contributed by atoms with Crippen molar-refractivity contribution in [2.75, 3.05) is 7.11 Å². The minimum absolute atomic E-state index is 0.193. The zero-order valence-electron chi connectivity index (χ0n) is 9.77. The minimum atomic E-state index is -0.891. The molecule has 1 rings (SSSR count). The van der Waals surface area contributed by atoms with Gasteiger partial charge in [-0.2, -0.15) is 5.26 Å². The van der Waals surface area contributed by atoms with Crippen LogP contribution in [0.3, 0.4) is 0 Å². The number of rotatable bonds is 4. The second-order valence-electron chi connectivity index (χ2n) is 3.51. The van der Waals surface area contributed by atoms with Crippen LogP contribution in [0.25, 0.3) is 0 Å². The lowest BCUT2D eigenvalue weighted by Gasteiger charge is -2.12. The highest BCUT2D eigenvalue weighted by Crippen LogP contribution is 2.20. The summed E-state index contributed by atoms with van der Waals surface area (Å²) in [6.07, 6.45) is 0.264. The maximum atomic E-state index is 11.7. The number of methoxy groups -OCH3 is 1. The smallest absolute Gasteiger partial charge is 0.320 e. The van der Waals surface area contributed by atoms with Gasteiger partial charge < -0.3 is 4.74 Å². The molecule has 1 atom stereocenters. The van der Waals surface area contributed by atoms with Crippen LogP contribution < -0.4 is 0 Å². The maximum absolute atomic E-state index is 11.7. The molecule has 0 aromatic heterocycles. The van der Waals surface area contributed by atoms with Crippen LogP contribution in [0.15, 0.2) is 24.3 Å². The number of esters is 1. The van der Waals surface area contributed by atoms with Crippen molar-refractivity contribution in [1.29, 1.82) is 5.26 Å². The fraction of sp³-hybridized carbons (Fsp3) is 0.308. The number of ether oxygens (including phenoxy) is 1. The molecule has 1 aromatic carbocycles. The van der Waals surface area contributed by atoms with Crippen LogP contribution in [0, 0.1) is 11.3 Å². The highest BCUT2D eigenvalue weighted by Gasteiger charge is 2.27. The summed E-state index contributed by atoms with van der Waals surface area (Å²) in [4.78, 5) is 23.3. The van der Waals surface area contributed by atoms with Gasteiger partial charge in [0.15, 0.2) is 5.78 Å². The van der Waals surface area contributed by atoms with Crippen molar-refractivity contribution in [2.45, 2.75) is 19.3 Å². The summed E-state index contributed by atoms with van der Waals surface area (Å²) in [5, 5.41) is 8.67. The predicted molar refractivity (Wildman–Crippen MR) is 61.2 cm³/mol.